The Morgan fingerprint density at radius 2 is 2.00 bits per heavy atom. The molecule has 0 saturated heterocycles. The van der Waals surface area contributed by atoms with Gasteiger partial charge in [0, 0.05) is 16.9 Å². The van der Waals surface area contributed by atoms with Crippen molar-refractivity contribution in [2.45, 2.75) is 57.1 Å². The normalized spacial score (nSPS) is 27.4. The molecule has 1 aliphatic carbocycles. The topological polar surface area (TPSA) is 32.3 Å². The fraction of sp³-hybridized carbons (Fsp3) is 0.625. The van der Waals surface area contributed by atoms with Crippen molar-refractivity contribution in [3.05, 3.63) is 34.3 Å². The molecule has 19 heavy (non-hydrogen) atoms. The van der Waals surface area contributed by atoms with Crippen LogP contribution < -0.4 is 5.32 Å². The number of hydrogen-bond acceptors (Lipinski definition) is 2. The van der Waals surface area contributed by atoms with Gasteiger partial charge in [0.2, 0.25) is 0 Å². The lowest BCUT2D eigenvalue weighted by Gasteiger charge is -2.36. The quantitative estimate of drug-likeness (QED) is 0.865. The minimum absolute atomic E-state index is 0.520. The van der Waals surface area contributed by atoms with Gasteiger partial charge in [-0.2, -0.15) is 0 Å². The zero-order chi connectivity index (χ0) is 13.7. The van der Waals surface area contributed by atoms with Gasteiger partial charge < -0.3 is 10.4 Å². The number of hydrogen-bond donors (Lipinski definition) is 2. The first kappa shape index (κ1) is 15.0. The van der Waals surface area contributed by atoms with E-state index in [0.29, 0.717) is 6.04 Å². The monoisotopic (exact) mass is 325 g/mol. The number of benzene rings is 1. The van der Waals surface area contributed by atoms with Crippen LogP contribution in [-0.4, -0.2) is 23.3 Å². The molecular weight excluding hydrogens is 302 g/mol. The predicted octanol–water partition coefficient (Wildman–Crippen LogP) is 3.66. The first-order chi connectivity index (χ1) is 9.13. The van der Waals surface area contributed by atoms with E-state index in [2.05, 4.69) is 34.2 Å². The third-order valence-electron chi connectivity index (χ3n) is 4.08. The van der Waals surface area contributed by atoms with Crippen LogP contribution in [0.4, 0.5) is 0 Å². The molecule has 3 heteroatoms. The summed E-state index contributed by atoms with van der Waals surface area (Å²) in [5.74, 6) is 0. The van der Waals surface area contributed by atoms with Gasteiger partial charge in [0.25, 0.3) is 0 Å². The maximum absolute atomic E-state index is 10.7. The molecule has 0 radical (unpaired) electrons. The molecule has 0 spiro atoms. The zero-order valence-corrected chi connectivity index (χ0v) is 13.2. The molecule has 1 aliphatic rings. The lowest BCUT2D eigenvalue weighted by Crippen LogP contribution is -2.42. The van der Waals surface area contributed by atoms with Crippen molar-refractivity contribution >= 4 is 15.9 Å². The van der Waals surface area contributed by atoms with Crippen molar-refractivity contribution in [3.8, 4) is 0 Å². The van der Waals surface area contributed by atoms with E-state index in [1.165, 1.54) is 12.0 Å². The fourth-order valence-electron chi connectivity index (χ4n) is 2.88. The minimum atomic E-state index is -0.520. The molecule has 0 amide bonds. The molecule has 1 aromatic rings. The summed E-state index contributed by atoms with van der Waals surface area (Å²) < 4.78 is 1.11. The van der Waals surface area contributed by atoms with Crippen LogP contribution in [0.5, 0.6) is 0 Å². The average Bonchev–Trinajstić information content (AvgIpc) is 2.41. The summed E-state index contributed by atoms with van der Waals surface area (Å²) in [6.45, 7) is 3.28. The highest BCUT2D eigenvalue weighted by Gasteiger charge is 2.33. The Bertz CT molecular complexity index is 399. The van der Waals surface area contributed by atoms with Gasteiger partial charge in [-0.3, -0.25) is 0 Å². The summed E-state index contributed by atoms with van der Waals surface area (Å²) in [6.07, 6.45) is 5.90. The van der Waals surface area contributed by atoms with Gasteiger partial charge in [-0.15, -0.1) is 0 Å². The lowest BCUT2D eigenvalue weighted by molar-refractivity contribution is -0.00319. The highest BCUT2D eigenvalue weighted by atomic mass is 79.9. The zero-order valence-electron chi connectivity index (χ0n) is 11.7. The third-order valence-corrected chi connectivity index (χ3v) is 4.85. The molecule has 2 N–H and O–H groups in total. The largest absolute Gasteiger partial charge is 0.390 e. The smallest absolute Gasteiger partial charge is 0.0689 e. The van der Waals surface area contributed by atoms with Gasteiger partial charge in [-0.25, -0.2) is 0 Å². The van der Waals surface area contributed by atoms with Gasteiger partial charge in [0.1, 0.15) is 0 Å². The molecule has 2 rings (SSSR count). The lowest BCUT2D eigenvalue weighted by atomic mass is 9.78. The Balaban J connectivity index is 1.90. The summed E-state index contributed by atoms with van der Waals surface area (Å²) in [4.78, 5) is 0. The standard InChI is InChI=1S/C16H24BrNO/c1-2-11-18-14-7-9-16(19,10-8-14)12-13-5-3-4-6-15(13)17/h3-6,14,18-19H,2,7-12H2,1H3. The second kappa shape index (κ2) is 6.87. The van der Waals surface area contributed by atoms with Crippen LogP contribution in [0.1, 0.15) is 44.6 Å². The molecule has 0 aliphatic heterocycles. The van der Waals surface area contributed by atoms with Gasteiger partial charge >= 0.3 is 0 Å². The van der Waals surface area contributed by atoms with Crippen molar-refractivity contribution in [3.63, 3.8) is 0 Å². The number of nitrogens with one attached hydrogen (secondary N) is 1. The summed E-state index contributed by atoms with van der Waals surface area (Å²) in [6, 6.07) is 8.80. The Morgan fingerprint density at radius 1 is 1.32 bits per heavy atom. The van der Waals surface area contributed by atoms with E-state index in [1.54, 1.807) is 0 Å². The molecule has 0 heterocycles. The van der Waals surface area contributed by atoms with E-state index < -0.39 is 5.60 Å². The molecule has 0 atom stereocenters. The first-order valence-electron chi connectivity index (χ1n) is 7.32. The van der Waals surface area contributed by atoms with Crippen LogP contribution in [0.15, 0.2) is 28.7 Å². The number of rotatable bonds is 5. The van der Waals surface area contributed by atoms with Crippen LogP contribution in [-0.2, 0) is 6.42 Å². The Morgan fingerprint density at radius 3 is 2.63 bits per heavy atom. The van der Waals surface area contributed by atoms with Gasteiger partial charge in [0.05, 0.1) is 5.60 Å². The second-order valence-corrected chi connectivity index (χ2v) is 6.58. The molecule has 0 aromatic heterocycles. The average molecular weight is 326 g/mol. The summed E-state index contributed by atoms with van der Waals surface area (Å²) >= 11 is 3.57. The highest BCUT2D eigenvalue weighted by Crippen LogP contribution is 2.33. The van der Waals surface area contributed by atoms with Gasteiger partial charge in [-0.05, 0) is 50.3 Å². The molecule has 106 valence electrons. The maximum Gasteiger partial charge on any atom is 0.0689 e. The van der Waals surface area contributed by atoms with Crippen LogP contribution in [0, 0.1) is 0 Å². The Kier molecular flexibility index (Phi) is 5.43. The summed E-state index contributed by atoms with van der Waals surface area (Å²) in [7, 11) is 0. The second-order valence-electron chi connectivity index (χ2n) is 5.72. The molecule has 2 nitrogen and oxygen atoms in total. The minimum Gasteiger partial charge on any atom is -0.390 e. The van der Waals surface area contributed by atoms with Crippen molar-refractivity contribution < 1.29 is 5.11 Å². The first-order valence-corrected chi connectivity index (χ1v) is 8.11. The van der Waals surface area contributed by atoms with E-state index >= 15 is 0 Å². The maximum atomic E-state index is 10.7. The van der Waals surface area contributed by atoms with Gasteiger partial charge in [0.15, 0.2) is 0 Å². The van der Waals surface area contributed by atoms with Crippen molar-refractivity contribution in [2.75, 3.05) is 6.54 Å². The Labute approximate surface area is 124 Å². The molecule has 1 saturated carbocycles. The van der Waals surface area contributed by atoms with E-state index in [-0.39, 0.29) is 0 Å². The number of halogens is 1. The van der Waals surface area contributed by atoms with Gasteiger partial charge in [-0.1, -0.05) is 41.1 Å². The SMILES string of the molecule is CCCNC1CCC(O)(Cc2ccccc2Br)CC1. The van der Waals surface area contributed by atoms with E-state index in [0.717, 1.165) is 43.1 Å². The van der Waals surface area contributed by atoms with E-state index in [9.17, 15) is 5.11 Å². The Hall–Kier alpha value is -0.380. The highest BCUT2D eigenvalue weighted by molar-refractivity contribution is 9.10. The molecule has 0 unspecified atom stereocenters. The van der Waals surface area contributed by atoms with Crippen LogP contribution >= 0.6 is 15.9 Å². The molecule has 1 fully saturated rings. The summed E-state index contributed by atoms with van der Waals surface area (Å²) in [5.41, 5.74) is 0.693. The number of aliphatic hydroxyl groups is 1. The predicted molar refractivity (Wildman–Crippen MR) is 83.3 cm³/mol. The van der Waals surface area contributed by atoms with E-state index in [1.807, 2.05) is 18.2 Å². The van der Waals surface area contributed by atoms with Crippen LogP contribution in [0.2, 0.25) is 0 Å². The fourth-order valence-corrected chi connectivity index (χ4v) is 3.31. The van der Waals surface area contributed by atoms with Crippen LogP contribution in [0.3, 0.4) is 0 Å². The molecular formula is C16H24BrNO. The van der Waals surface area contributed by atoms with Crippen molar-refractivity contribution in [1.82, 2.24) is 5.32 Å². The summed E-state index contributed by atoms with van der Waals surface area (Å²) in [5, 5.41) is 14.3. The van der Waals surface area contributed by atoms with Crippen molar-refractivity contribution in [1.29, 1.82) is 0 Å². The van der Waals surface area contributed by atoms with E-state index in [4.69, 9.17) is 0 Å². The van der Waals surface area contributed by atoms with Crippen LogP contribution in [0.25, 0.3) is 0 Å². The molecule has 0 bridgehead atoms. The molecule has 1 aromatic carbocycles. The van der Waals surface area contributed by atoms with Crippen molar-refractivity contribution in [2.24, 2.45) is 0 Å². The third kappa shape index (κ3) is 4.30.